The highest BCUT2D eigenvalue weighted by Crippen LogP contribution is 2.14. The van der Waals surface area contributed by atoms with Crippen molar-refractivity contribution in [2.75, 3.05) is 32.8 Å². The van der Waals surface area contributed by atoms with Crippen molar-refractivity contribution in [1.29, 1.82) is 0 Å². The first-order valence-electron chi connectivity index (χ1n) is 8.28. The summed E-state index contributed by atoms with van der Waals surface area (Å²) in [6, 6.07) is 11.2. The van der Waals surface area contributed by atoms with Crippen molar-refractivity contribution < 1.29 is 4.74 Å². The molecule has 0 radical (unpaired) electrons. The number of aromatic nitrogens is 1. The molecule has 0 saturated carbocycles. The first-order chi connectivity index (χ1) is 11.3. The Hall–Kier alpha value is -1.27. The maximum atomic E-state index is 5.47. The average molecular weight is 331 g/mol. The van der Waals surface area contributed by atoms with Crippen molar-refractivity contribution >= 4 is 11.3 Å². The number of rotatable bonds is 7. The van der Waals surface area contributed by atoms with Crippen LogP contribution in [0.15, 0.2) is 41.9 Å². The molecule has 1 aliphatic heterocycles. The molecule has 2 aromatic rings. The van der Waals surface area contributed by atoms with E-state index in [0.29, 0.717) is 6.04 Å². The third kappa shape index (κ3) is 5.11. The molecule has 1 aromatic heterocycles. The molecule has 0 amide bonds. The summed E-state index contributed by atoms with van der Waals surface area (Å²) in [5.74, 6) is 0. The number of thiazole rings is 1. The van der Waals surface area contributed by atoms with Crippen molar-refractivity contribution in [3.8, 4) is 0 Å². The zero-order chi connectivity index (χ0) is 15.9. The molecule has 0 N–H and O–H groups in total. The molecule has 1 aliphatic rings. The Morgan fingerprint density at radius 1 is 1.22 bits per heavy atom. The van der Waals surface area contributed by atoms with Gasteiger partial charge in [-0.3, -0.25) is 9.80 Å². The minimum atomic E-state index is 0.530. The molecule has 124 valence electrons. The fraction of sp³-hybridized carbons (Fsp3) is 0.500. The molecular weight excluding hydrogens is 306 g/mol. The van der Waals surface area contributed by atoms with Gasteiger partial charge in [-0.15, -0.1) is 11.3 Å². The lowest BCUT2D eigenvalue weighted by atomic mass is 10.2. The number of hydrogen-bond acceptors (Lipinski definition) is 5. The molecule has 0 spiro atoms. The second-order valence-electron chi connectivity index (χ2n) is 6.08. The van der Waals surface area contributed by atoms with Crippen LogP contribution in [0.3, 0.4) is 0 Å². The van der Waals surface area contributed by atoms with E-state index < -0.39 is 0 Å². The summed E-state index contributed by atoms with van der Waals surface area (Å²) in [5.41, 5.74) is 1.36. The molecule has 1 fully saturated rings. The third-order valence-corrected chi connectivity index (χ3v) is 5.05. The predicted octanol–water partition coefficient (Wildman–Crippen LogP) is 2.87. The molecule has 1 atom stereocenters. The van der Waals surface area contributed by atoms with E-state index in [9.17, 15) is 0 Å². The SMILES string of the molecule is C[C@H](CN(Cc1ccccc1)Cc1nccs1)N1CCOCC1. The van der Waals surface area contributed by atoms with Crippen LogP contribution in [0, 0.1) is 0 Å². The number of nitrogens with zero attached hydrogens (tertiary/aromatic N) is 3. The number of benzene rings is 1. The van der Waals surface area contributed by atoms with E-state index >= 15 is 0 Å². The molecule has 2 heterocycles. The fourth-order valence-corrected chi connectivity index (χ4v) is 3.71. The van der Waals surface area contributed by atoms with Crippen LogP contribution >= 0.6 is 11.3 Å². The van der Waals surface area contributed by atoms with Crippen LogP contribution in [0.2, 0.25) is 0 Å². The zero-order valence-corrected chi connectivity index (χ0v) is 14.5. The molecule has 1 aromatic carbocycles. The van der Waals surface area contributed by atoms with E-state index in [1.807, 2.05) is 6.20 Å². The van der Waals surface area contributed by atoms with Crippen LogP contribution in [0.5, 0.6) is 0 Å². The average Bonchev–Trinajstić information content (AvgIpc) is 3.09. The first-order valence-corrected chi connectivity index (χ1v) is 9.15. The highest BCUT2D eigenvalue weighted by Gasteiger charge is 2.20. The minimum Gasteiger partial charge on any atom is -0.379 e. The second-order valence-corrected chi connectivity index (χ2v) is 7.06. The van der Waals surface area contributed by atoms with Crippen molar-refractivity contribution in [1.82, 2.24) is 14.8 Å². The van der Waals surface area contributed by atoms with Gasteiger partial charge < -0.3 is 4.74 Å². The van der Waals surface area contributed by atoms with Gasteiger partial charge >= 0.3 is 0 Å². The maximum Gasteiger partial charge on any atom is 0.107 e. The van der Waals surface area contributed by atoms with Crippen LogP contribution in [0.4, 0.5) is 0 Å². The van der Waals surface area contributed by atoms with Crippen molar-refractivity contribution in [3.63, 3.8) is 0 Å². The minimum absolute atomic E-state index is 0.530. The highest BCUT2D eigenvalue weighted by atomic mass is 32.1. The molecule has 0 unspecified atom stereocenters. The van der Waals surface area contributed by atoms with Gasteiger partial charge in [-0.1, -0.05) is 30.3 Å². The van der Waals surface area contributed by atoms with Crippen LogP contribution in [0.25, 0.3) is 0 Å². The lowest BCUT2D eigenvalue weighted by Crippen LogP contribution is -2.47. The van der Waals surface area contributed by atoms with Gasteiger partial charge in [0.1, 0.15) is 5.01 Å². The van der Waals surface area contributed by atoms with E-state index in [1.54, 1.807) is 11.3 Å². The smallest absolute Gasteiger partial charge is 0.107 e. The van der Waals surface area contributed by atoms with Gasteiger partial charge in [0, 0.05) is 43.8 Å². The number of morpholine rings is 1. The summed E-state index contributed by atoms with van der Waals surface area (Å²) in [5, 5.41) is 3.25. The summed E-state index contributed by atoms with van der Waals surface area (Å²) in [4.78, 5) is 9.50. The molecule has 3 rings (SSSR count). The number of ether oxygens (including phenoxy) is 1. The van der Waals surface area contributed by atoms with Crippen LogP contribution in [-0.2, 0) is 17.8 Å². The Bertz CT molecular complexity index is 555. The lowest BCUT2D eigenvalue weighted by molar-refractivity contribution is 0.0112. The topological polar surface area (TPSA) is 28.6 Å². The normalized spacial score (nSPS) is 17.5. The van der Waals surface area contributed by atoms with Gasteiger partial charge in [0.2, 0.25) is 0 Å². The van der Waals surface area contributed by atoms with Crippen molar-refractivity contribution in [2.24, 2.45) is 0 Å². The third-order valence-electron chi connectivity index (χ3n) is 4.28. The molecule has 5 heteroatoms. The zero-order valence-electron chi connectivity index (χ0n) is 13.7. The van der Waals surface area contributed by atoms with E-state index in [0.717, 1.165) is 45.9 Å². The quantitative estimate of drug-likeness (QED) is 0.780. The van der Waals surface area contributed by atoms with Gasteiger partial charge in [-0.2, -0.15) is 0 Å². The Labute approximate surface area is 142 Å². The molecular formula is C18H25N3OS. The van der Waals surface area contributed by atoms with Gasteiger partial charge in [-0.05, 0) is 12.5 Å². The van der Waals surface area contributed by atoms with Gasteiger partial charge in [-0.25, -0.2) is 4.98 Å². The summed E-state index contributed by atoms with van der Waals surface area (Å²) in [7, 11) is 0. The Kier molecular flexibility index (Phi) is 6.16. The summed E-state index contributed by atoms with van der Waals surface area (Å²) in [6.07, 6.45) is 1.89. The monoisotopic (exact) mass is 331 g/mol. The molecule has 4 nitrogen and oxygen atoms in total. The summed E-state index contributed by atoms with van der Waals surface area (Å²) in [6.45, 7) is 9.05. The maximum absolute atomic E-state index is 5.47. The Morgan fingerprint density at radius 3 is 2.70 bits per heavy atom. The van der Waals surface area contributed by atoms with Gasteiger partial charge in [0.05, 0.1) is 19.8 Å². The Morgan fingerprint density at radius 2 is 2.00 bits per heavy atom. The van der Waals surface area contributed by atoms with E-state index in [4.69, 9.17) is 4.74 Å². The summed E-state index contributed by atoms with van der Waals surface area (Å²) < 4.78 is 5.47. The van der Waals surface area contributed by atoms with Crippen LogP contribution in [-0.4, -0.2) is 53.7 Å². The lowest BCUT2D eigenvalue weighted by Gasteiger charge is -2.35. The largest absolute Gasteiger partial charge is 0.379 e. The first kappa shape index (κ1) is 16.6. The Balaban J connectivity index is 1.64. The fourth-order valence-electron chi connectivity index (χ4n) is 3.06. The molecule has 23 heavy (non-hydrogen) atoms. The second kappa shape index (κ2) is 8.55. The van der Waals surface area contributed by atoms with Gasteiger partial charge in [0.15, 0.2) is 0 Å². The van der Waals surface area contributed by atoms with Crippen LogP contribution in [0.1, 0.15) is 17.5 Å². The molecule has 0 bridgehead atoms. The van der Waals surface area contributed by atoms with E-state index in [-0.39, 0.29) is 0 Å². The summed E-state index contributed by atoms with van der Waals surface area (Å²) >= 11 is 1.74. The molecule has 1 saturated heterocycles. The van der Waals surface area contributed by atoms with E-state index in [2.05, 4.69) is 57.4 Å². The molecule has 0 aliphatic carbocycles. The highest BCUT2D eigenvalue weighted by molar-refractivity contribution is 7.09. The predicted molar refractivity (Wildman–Crippen MR) is 94.5 cm³/mol. The van der Waals surface area contributed by atoms with Crippen LogP contribution < -0.4 is 0 Å². The van der Waals surface area contributed by atoms with Crippen molar-refractivity contribution in [2.45, 2.75) is 26.1 Å². The van der Waals surface area contributed by atoms with Crippen molar-refractivity contribution in [3.05, 3.63) is 52.5 Å². The number of hydrogen-bond donors (Lipinski definition) is 0. The standard InChI is InChI=1S/C18H25N3OS/c1-16(21-8-10-22-11-9-21)13-20(15-18-19-7-12-23-18)14-17-5-3-2-4-6-17/h2-7,12,16H,8-11,13-15H2,1H3/t16-/m1/s1. The van der Waals surface area contributed by atoms with Gasteiger partial charge in [0.25, 0.3) is 0 Å². The van der Waals surface area contributed by atoms with E-state index in [1.165, 1.54) is 10.6 Å².